The minimum atomic E-state index is -0.293. The van der Waals surface area contributed by atoms with E-state index in [1.165, 1.54) is 6.07 Å². The Kier molecular flexibility index (Phi) is 1.63. The number of H-pyrrole nitrogens is 1. The van der Waals surface area contributed by atoms with Crippen LogP contribution >= 0.6 is 0 Å². The minimum absolute atomic E-state index is 0.293. The van der Waals surface area contributed by atoms with Crippen molar-refractivity contribution >= 4 is 5.82 Å². The number of nitrogen functional groups attached to an aromatic ring is 1. The van der Waals surface area contributed by atoms with E-state index >= 15 is 0 Å². The fraction of sp³-hybridized carbons (Fsp3) is 0. The summed E-state index contributed by atoms with van der Waals surface area (Å²) in [6, 6.07) is 4.78. The predicted octanol–water partition coefficient (Wildman–Crippen LogP) is 0.612. The van der Waals surface area contributed by atoms with Crippen LogP contribution in [0.4, 0.5) is 5.82 Å². The highest BCUT2D eigenvalue weighted by Crippen LogP contribution is 2.21. The smallest absolute Gasteiger partial charge is 0.280 e. The number of anilines is 1. The fourth-order valence-electron chi connectivity index (χ4n) is 1.04. The molecule has 0 aromatic carbocycles. The number of rotatable bonds is 1. The van der Waals surface area contributed by atoms with Crippen molar-refractivity contribution in [1.82, 2.24) is 10.1 Å². The monoisotopic (exact) mass is 177 g/mol. The van der Waals surface area contributed by atoms with Gasteiger partial charge in [-0.25, -0.2) is 4.98 Å². The highest BCUT2D eigenvalue weighted by atomic mass is 16.5. The molecule has 3 N–H and O–H groups in total. The van der Waals surface area contributed by atoms with Crippen LogP contribution in [0.5, 0.6) is 0 Å². The molecule has 5 nitrogen and oxygen atoms in total. The van der Waals surface area contributed by atoms with Gasteiger partial charge in [0.1, 0.15) is 5.82 Å². The standard InChI is InChI=1S/C8H7N3O2/c9-8-5(2-1-3-10-8)6-4-7(12)11-13-6/h1-4H,(H2,9,10)(H,11,12). The number of aromatic nitrogens is 2. The van der Waals surface area contributed by atoms with Gasteiger partial charge in [0.2, 0.25) is 0 Å². The molecule has 2 aromatic heterocycles. The highest BCUT2D eigenvalue weighted by molar-refractivity contribution is 5.68. The summed E-state index contributed by atoms with van der Waals surface area (Å²) in [4.78, 5) is 14.6. The summed E-state index contributed by atoms with van der Waals surface area (Å²) in [6.45, 7) is 0. The lowest BCUT2D eigenvalue weighted by atomic mass is 10.2. The van der Waals surface area contributed by atoms with Crippen LogP contribution in [0.1, 0.15) is 0 Å². The molecule has 5 heteroatoms. The van der Waals surface area contributed by atoms with Crippen molar-refractivity contribution in [2.75, 3.05) is 5.73 Å². The summed E-state index contributed by atoms with van der Waals surface area (Å²) in [7, 11) is 0. The van der Waals surface area contributed by atoms with E-state index in [4.69, 9.17) is 10.3 Å². The first-order chi connectivity index (χ1) is 6.27. The van der Waals surface area contributed by atoms with Crippen LogP contribution in [-0.2, 0) is 0 Å². The fourth-order valence-corrected chi connectivity index (χ4v) is 1.04. The molecule has 66 valence electrons. The second-order valence-corrected chi connectivity index (χ2v) is 2.51. The Morgan fingerprint density at radius 2 is 2.38 bits per heavy atom. The maximum absolute atomic E-state index is 10.8. The van der Waals surface area contributed by atoms with Crippen LogP contribution in [0, 0.1) is 0 Å². The van der Waals surface area contributed by atoms with Crippen molar-refractivity contribution in [1.29, 1.82) is 0 Å². The first-order valence-electron chi connectivity index (χ1n) is 3.67. The van der Waals surface area contributed by atoms with Crippen molar-refractivity contribution in [2.24, 2.45) is 0 Å². The molecule has 13 heavy (non-hydrogen) atoms. The summed E-state index contributed by atoms with van der Waals surface area (Å²) >= 11 is 0. The van der Waals surface area contributed by atoms with Gasteiger partial charge in [0, 0.05) is 6.20 Å². The third-order valence-corrected chi connectivity index (χ3v) is 1.63. The topological polar surface area (TPSA) is 84.9 Å². The third kappa shape index (κ3) is 1.31. The molecule has 2 aromatic rings. The van der Waals surface area contributed by atoms with Gasteiger partial charge in [0.25, 0.3) is 5.56 Å². The number of pyridine rings is 1. The van der Waals surface area contributed by atoms with Crippen LogP contribution in [-0.4, -0.2) is 10.1 Å². The lowest BCUT2D eigenvalue weighted by Crippen LogP contribution is -1.94. The van der Waals surface area contributed by atoms with Gasteiger partial charge in [-0.2, -0.15) is 5.16 Å². The summed E-state index contributed by atoms with van der Waals surface area (Å²) in [6.07, 6.45) is 1.57. The van der Waals surface area contributed by atoms with Crippen molar-refractivity contribution in [3.63, 3.8) is 0 Å². The van der Waals surface area contributed by atoms with E-state index in [2.05, 4.69) is 10.1 Å². The average molecular weight is 177 g/mol. The molecular weight excluding hydrogens is 170 g/mol. The van der Waals surface area contributed by atoms with E-state index in [0.717, 1.165) is 0 Å². The van der Waals surface area contributed by atoms with Crippen molar-refractivity contribution < 1.29 is 4.52 Å². The Morgan fingerprint density at radius 1 is 1.54 bits per heavy atom. The van der Waals surface area contributed by atoms with Gasteiger partial charge in [-0.3, -0.25) is 4.79 Å². The Bertz CT molecular complexity index is 472. The first-order valence-corrected chi connectivity index (χ1v) is 3.67. The lowest BCUT2D eigenvalue weighted by molar-refractivity contribution is 0.426. The molecule has 0 atom stereocenters. The number of aromatic amines is 1. The Labute approximate surface area is 73.2 Å². The minimum Gasteiger partial charge on any atom is -0.383 e. The van der Waals surface area contributed by atoms with E-state index in [9.17, 15) is 4.79 Å². The molecule has 0 aliphatic heterocycles. The van der Waals surface area contributed by atoms with Crippen molar-refractivity contribution in [3.8, 4) is 11.3 Å². The number of hydrogen-bond acceptors (Lipinski definition) is 4. The molecule has 0 saturated heterocycles. The summed E-state index contributed by atoms with van der Waals surface area (Å²) in [5.41, 5.74) is 5.89. The molecule has 0 radical (unpaired) electrons. The molecule has 0 fully saturated rings. The molecule has 0 amide bonds. The van der Waals surface area contributed by atoms with E-state index < -0.39 is 0 Å². The van der Waals surface area contributed by atoms with Crippen LogP contribution in [0.2, 0.25) is 0 Å². The number of nitrogens with one attached hydrogen (secondary N) is 1. The third-order valence-electron chi connectivity index (χ3n) is 1.63. The van der Waals surface area contributed by atoms with Crippen molar-refractivity contribution in [2.45, 2.75) is 0 Å². The molecule has 2 rings (SSSR count). The quantitative estimate of drug-likeness (QED) is 0.668. The van der Waals surface area contributed by atoms with Crippen LogP contribution in [0.25, 0.3) is 11.3 Å². The van der Waals surface area contributed by atoms with Gasteiger partial charge >= 0.3 is 0 Å². The zero-order valence-electron chi connectivity index (χ0n) is 6.65. The van der Waals surface area contributed by atoms with E-state index in [1.54, 1.807) is 18.3 Å². The van der Waals surface area contributed by atoms with Crippen LogP contribution in [0.15, 0.2) is 33.7 Å². The molecule has 0 unspecified atom stereocenters. The second kappa shape index (κ2) is 2.78. The van der Waals surface area contributed by atoms with Gasteiger partial charge in [-0.15, -0.1) is 0 Å². The molecule has 0 saturated carbocycles. The van der Waals surface area contributed by atoms with Crippen molar-refractivity contribution in [3.05, 3.63) is 34.7 Å². The van der Waals surface area contributed by atoms with E-state index in [1.807, 2.05) is 0 Å². The number of nitrogens with zero attached hydrogens (tertiary/aromatic N) is 1. The van der Waals surface area contributed by atoms with E-state index in [-0.39, 0.29) is 5.56 Å². The Morgan fingerprint density at radius 3 is 3.00 bits per heavy atom. The first kappa shape index (κ1) is 7.60. The maximum atomic E-state index is 10.8. The summed E-state index contributed by atoms with van der Waals surface area (Å²) in [5, 5.41) is 2.18. The van der Waals surface area contributed by atoms with Gasteiger partial charge in [0.15, 0.2) is 5.76 Å². The molecular formula is C8H7N3O2. The largest absolute Gasteiger partial charge is 0.383 e. The zero-order chi connectivity index (χ0) is 9.26. The van der Waals surface area contributed by atoms with Crippen LogP contribution in [0.3, 0.4) is 0 Å². The molecule has 0 aliphatic carbocycles. The SMILES string of the molecule is Nc1ncccc1-c1cc(=O)[nH]o1. The summed E-state index contributed by atoms with van der Waals surface area (Å²) < 4.78 is 4.87. The van der Waals surface area contributed by atoms with Gasteiger partial charge in [-0.05, 0) is 12.1 Å². The second-order valence-electron chi connectivity index (χ2n) is 2.51. The molecule has 2 heterocycles. The van der Waals surface area contributed by atoms with Gasteiger partial charge in [-0.1, -0.05) is 0 Å². The maximum Gasteiger partial charge on any atom is 0.280 e. The van der Waals surface area contributed by atoms with Gasteiger partial charge in [0.05, 0.1) is 11.6 Å². The summed E-state index contributed by atoms with van der Waals surface area (Å²) in [5.74, 6) is 0.737. The normalized spacial score (nSPS) is 10.2. The molecule has 0 spiro atoms. The lowest BCUT2D eigenvalue weighted by Gasteiger charge is -1.97. The van der Waals surface area contributed by atoms with Gasteiger partial charge < -0.3 is 10.3 Å². The Balaban J connectivity index is 2.58. The predicted molar refractivity (Wildman–Crippen MR) is 47.0 cm³/mol. The van der Waals surface area contributed by atoms with E-state index in [0.29, 0.717) is 17.1 Å². The average Bonchev–Trinajstić information content (AvgIpc) is 2.53. The zero-order valence-corrected chi connectivity index (χ0v) is 6.65. The molecule has 0 bridgehead atoms. The number of nitrogens with two attached hydrogens (primary N) is 1. The molecule has 0 aliphatic rings. The van der Waals surface area contributed by atoms with Crippen LogP contribution < -0.4 is 11.3 Å². The highest BCUT2D eigenvalue weighted by Gasteiger charge is 2.06. The Hall–Kier alpha value is -2.04. The number of hydrogen-bond donors (Lipinski definition) is 2.